The van der Waals surface area contributed by atoms with E-state index in [1.165, 1.54) is 24.8 Å². The van der Waals surface area contributed by atoms with Crippen LogP contribution in [0, 0.1) is 19.0 Å². The van der Waals surface area contributed by atoms with E-state index in [1.54, 1.807) is 24.3 Å². The van der Waals surface area contributed by atoms with E-state index in [-0.39, 0.29) is 34.7 Å². The number of benzene rings is 2. The van der Waals surface area contributed by atoms with E-state index in [0.717, 1.165) is 31.3 Å². The molecule has 0 aliphatic carbocycles. The van der Waals surface area contributed by atoms with Crippen molar-refractivity contribution >= 4 is 79.1 Å². The van der Waals surface area contributed by atoms with Crippen LogP contribution in [0.25, 0.3) is 22.1 Å². The van der Waals surface area contributed by atoms with Crippen molar-refractivity contribution in [2.75, 3.05) is 65.6 Å². The summed E-state index contributed by atoms with van der Waals surface area (Å²) in [6, 6.07) is 17.7. The van der Waals surface area contributed by atoms with Gasteiger partial charge in [0.15, 0.2) is 11.5 Å². The molecular weight excluding hydrogens is 974 g/mol. The Kier molecular flexibility index (Phi) is 17.5. The standard InChI is InChI=1S/2C20H21FIN5O2/c2*1-2-27(10-11-29-18-4-3-7-23-19(18)21)9-8-24-20(28)17-13-25-16-12-14(22)5-6-15(16)26-17/h2*3-7,12-13H,2,8-11H2,1H3,(H,24,28)/i22-2;. The quantitative estimate of drug-likeness (QED) is 0.0789. The molecule has 0 saturated carbocycles. The van der Waals surface area contributed by atoms with Crippen molar-refractivity contribution in [3.8, 4) is 11.5 Å². The summed E-state index contributed by atoms with van der Waals surface area (Å²) in [5.74, 6) is -1.48. The number of ether oxygens (including phenoxy) is 2. The Labute approximate surface area is 361 Å². The smallest absolute Gasteiger partial charge is 0.271 e. The minimum atomic E-state index is -0.617. The largest absolute Gasteiger partial charge is 0.487 e. The lowest BCUT2D eigenvalue weighted by molar-refractivity contribution is 0.0934. The van der Waals surface area contributed by atoms with Crippen molar-refractivity contribution in [3.63, 3.8) is 0 Å². The highest BCUT2D eigenvalue weighted by Gasteiger charge is 2.13. The van der Waals surface area contributed by atoms with Gasteiger partial charge < -0.3 is 20.1 Å². The second-order valence-corrected chi connectivity index (χ2v) is 14.9. The van der Waals surface area contributed by atoms with Gasteiger partial charge in [0, 0.05) is 58.8 Å². The van der Waals surface area contributed by atoms with Crippen LogP contribution in [0.2, 0.25) is 0 Å². The Morgan fingerprint density at radius 2 is 1.16 bits per heavy atom. The summed E-state index contributed by atoms with van der Waals surface area (Å²) in [4.78, 5) is 53.4. The van der Waals surface area contributed by atoms with Gasteiger partial charge in [-0.15, -0.1) is 0 Å². The van der Waals surface area contributed by atoms with Crippen LogP contribution in [0.3, 0.4) is 0 Å². The third-order valence-electron chi connectivity index (χ3n) is 8.58. The molecule has 304 valence electrons. The van der Waals surface area contributed by atoms with Crippen molar-refractivity contribution in [1.82, 2.24) is 50.3 Å². The number of carbonyl (C=O) groups is 2. The Morgan fingerprint density at radius 1 is 0.672 bits per heavy atom. The van der Waals surface area contributed by atoms with Crippen LogP contribution in [0.1, 0.15) is 34.8 Å². The van der Waals surface area contributed by atoms with Gasteiger partial charge in [-0.3, -0.25) is 29.4 Å². The van der Waals surface area contributed by atoms with Gasteiger partial charge >= 0.3 is 0 Å². The first-order valence-corrected chi connectivity index (χ1v) is 20.6. The fraction of sp³-hybridized carbons (Fsp3) is 0.300. The molecule has 18 heteroatoms. The first-order valence-electron chi connectivity index (χ1n) is 18.5. The van der Waals surface area contributed by atoms with Crippen LogP contribution < -0.4 is 20.1 Å². The molecule has 0 fully saturated rings. The van der Waals surface area contributed by atoms with E-state index in [4.69, 9.17) is 9.47 Å². The summed E-state index contributed by atoms with van der Waals surface area (Å²) in [5.41, 5.74) is 3.47. The van der Waals surface area contributed by atoms with Crippen molar-refractivity contribution in [3.05, 3.63) is 116 Å². The summed E-state index contributed by atoms with van der Waals surface area (Å²) >= 11 is 4.42. The molecule has 6 aromatic rings. The second-order valence-electron chi connectivity index (χ2n) is 12.4. The zero-order chi connectivity index (χ0) is 41.3. The maximum atomic E-state index is 13.5. The number of fused-ring (bicyclic) bond motifs is 2. The number of carbonyl (C=O) groups excluding carboxylic acids is 2. The predicted octanol–water partition coefficient (Wildman–Crippen LogP) is 5.80. The molecule has 2 amide bonds. The van der Waals surface area contributed by atoms with Gasteiger partial charge in [-0.1, -0.05) is 13.8 Å². The third-order valence-corrected chi connectivity index (χ3v) is 9.92. The number of nitrogens with one attached hydrogen (secondary N) is 2. The molecular formula is C40H42F2I2N10O4. The summed E-state index contributed by atoms with van der Waals surface area (Å²) in [7, 11) is 0. The van der Waals surface area contributed by atoms with E-state index in [2.05, 4.69) is 95.5 Å². The first kappa shape index (κ1) is 44.3. The number of nitrogens with zero attached hydrogens (tertiary/aromatic N) is 8. The van der Waals surface area contributed by atoms with Crippen molar-refractivity contribution in [1.29, 1.82) is 0 Å². The summed E-state index contributed by atoms with van der Waals surface area (Å²) < 4.78 is 39.9. The normalized spacial score (nSPS) is 11.0. The average molecular weight is 1020 g/mol. The first-order chi connectivity index (χ1) is 28.1. The zero-order valence-corrected chi connectivity index (χ0v) is 36.2. The molecule has 4 heterocycles. The predicted molar refractivity (Wildman–Crippen MR) is 233 cm³/mol. The molecule has 0 spiro atoms. The summed E-state index contributed by atoms with van der Waals surface area (Å²) in [5, 5.41) is 5.72. The van der Waals surface area contributed by atoms with Crippen molar-refractivity contribution in [2.24, 2.45) is 0 Å². The topological polar surface area (TPSA) is 160 Å². The van der Waals surface area contributed by atoms with Gasteiger partial charge in [-0.25, -0.2) is 19.9 Å². The number of hydrogen-bond donors (Lipinski definition) is 2. The fourth-order valence-corrected chi connectivity index (χ4v) is 6.36. The number of aromatic nitrogens is 6. The lowest BCUT2D eigenvalue weighted by Crippen LogP contribution is -2.37. The van der Waals surface area contributed by atoms with Crippen LogP contribution in [-0.2, 0) is 0 Å². The Balaban J connectivity index is 0.000000221. The van der Waals surface area contributed by atoms with Gasteiger partial charge in [0.2, 0.25) is 0 Å². The minimum absolute atomic E-state index is 0.140. The molecule has 2 N–H and O–H groups in total. The number of hydrogen-bond acceptors (Lipinski definition) is 12. The molecule has 58 heavy (non-hydrogen) atoms. The van der Waals surface area contributed by atoms with Crippen molar-refractivity contribution in [2.45, 2.75) is 13.8 Å². The molecule has 0 atom stereocenters. The lowest BCUT2D eigenvalue weighted by atomic mass is 10.3. The SMILES string of the molecule is CCN(CCNC(=O)c1cnc2cc(I)ccc2n1)CCOc1cccnc1F.CCN(CCNC(=O)c1cnc2cc([125I])ccc2n1)CCOc1cccnc1F. The highest BCUT2D eigenvalue weighted by Crippen LogP contribution is 2.16. The molecule has 0 bridgehead atoms. The number of pyridine rings is 2. The average Bonchev–Trinajstić information content (AvgIpc) is 3.23. The Hall–Kier alpha value is -4.80. The second kappa shape index (κ2) is 23.0. The maximum Gasteiger partial charge on any atom is 0.271 e. The maximum absolute atomic E-state index is 13.5. The molecule has 4 aromatic heterocycles. The van der Waals surface area contributed by atoms with Gasteiger partial charge in [0.05, 0.1) is 34.5 Å². The van der Waals surface area contributed by atoms with E-state index >= 15 is 0 Å². The molecule has 0 radical (unpaired) electrons. The van der Waals surface area contributed by atoms with Crippen LogP contribution in [0.4, 0.5) is 8.78 Å². The zero-order valence-electron chi connectivity index (χ0n) is 31.9. The van der Waals surface area contributed by atoms with E-state index in [9.17, 15) is 18.4 Å². The minimum Gasteiger partial charge on any atom is -0.487 e. The monoisotopic (exact) mass is 1020 g/mol. The Morgan fingerprint density at radius 3 is 1.64 bits per heavy atom. The number of likely N-dealkylation sites (N-methyl/N-ethyl adjacent to an activating group) is 2. The van der Waals surface area contributed by atoms with Crippen LogP contribution in [0.5, 0.6) is 11.5 Å². The van der Waals surface area contributed by atoms with Crippen LogP contribution in [-0.4, -0.2) is 117 Å². The Bertz CT molecular complexity index is 2130. The highest BCUT2D eigenvalue weighted by atomic mass is 127. The highest BCUT2D eigenvalue weighted by molar-refractivity contribution is 14.1. The summed E-state index contributed by atoms with van der Waals surface area (Å²) in [6.45, 7) is 9.67. The number of halogens is 4. The lowest BCUT2D eigenvalue weighted by Gasteiger charge is -2.20. The number of amides is 2. The van der Waals surface area contributed by atoms with Crippen molar-refractivity contribution < 1.29 is 27.8 Å². The third kappa shape index (κ3) is 13.7. The molecule has 2 aromatic carbocycles. The molecule has 0 saturated heterocycles. The van der Waals surface area contributed by atoms with E-state index < -0.39 is 11.9 Å². The molecule has 14 nitrogen and oxygen atoms in total. The van der Waals surface area contributed by atoms with E-state index in [0.29, 0.717) is 63.5 Å². The molecule has 6 rings (SSSR count). The van der Waals surface area contributed by atoms with Crippen LogP contribution >= 0.6 is 45.2 Å². The van der Waals surface area contributed by atoms with E-state index in [1.807, 2.05) is 50.2 Å². The van der Waals surface area contributed by atoms with Crippen LogP contribution in [0.15, 0.2) is 85.5 Å². The molecule has 0 unspecified atom stereocenters. The molecule has 0 aliphatic heterocycles. The number of rotatable bonds is 18. The van der Waals surface area contributed by atoms with Gasteiger partial charge in [-0.05, 0) is 119 Å². The van der Waals surface area contributed by atoms with Gasteiger partial charge in [-0.2, -0.15) is 8.78 Å². The van der Waals surface area contributed by atoms with Gasteiger partial charge in [0.25, 0.3) is 23.7 Å². The fourth-order valence-electron chi connectivity index (χ4n) is 5.41. The van der Waals surface area contributed by atoms with Gasteiger partial charge in [0.1, 0.15) is 24.6 Å². The molecule has 0 aliphatic rings. The summed E-state index contributed by atoms with van der Waals surface area (Å²) in [6.07, 6.45) is 5.73.